The van der Waals surface area contributed by atoms with Crippen LogP contribution in [-0.2, 0) is 9.53 Å². The van der Waals surface area contributed by atoms with Crippen LogP contribution in [0.3, 0.4) is 0 Å². The van der Waals surface area contributed by atoms with E-state index >= 15 is 0 Å². The van der Waals surface area contributed by atoms with Crippen molar-refractivity contribution in [3.05, 3.63) is 28.8 Å². The zero-order chi connectivity index (χ0) is 13.1. The molecule has 4 heteroatoms. The molecule has 1 aliphatic carbocycles. The number of halogens is 1. The zero-order valence-electron chi connectivity index (χ0n) is 10.6. The Morgan fingerprint density at radius 3 is 2.83 bits per heavy atom. The van der Waals surface area contributed by atoms with Crippen molar-refractivity contribution in [3.63, 3.8) is 0 Å². The highest BCUT2D eigenvalue weighted by atomic mass is 35.5. The van der Waals surface area contributed by atoms with Gasteiger partial charge in [-0.3, -0.25) is 4.79 Å². The van der Waals surface area contributed by atoms with Crippen LogP contribution in [0.25, 0.3) is 0 Å². The van der Waals surface area contributed by atoms with Crippen molar-refractivity contribution in [2.75, 3.05) is 6.61 Å². The van der Waals surface area contributed by atoms with Gasteiger partial charge in [0.05, 0.1) is 5.02 Å². The Hall–Kier alpha value is -1.06. The first-order valence-electron chi connectivity index (χ1n) is 6.19. The number of carbonyl (C=O) groups excluding carboxylic acids is 1. The van der Waals surface area contributed by atoms with Crippen molar-refractivity contribution in [1.29, 1.82) is 0 Å². The van der Waals surface area contributed by atoms with Crippen LogP contribution in [0.15, 0.2) is 18.2 Å². The van der Waals surface area contributed by atoms with E-state index in [0.717, 1.165) is 12.0 Å². The van der Waals surface area contributed by atoms with E-state index in [4.69, 9.17) is 21.1 Å². The molecule has 2 unspecified atom stereocenters. The van der Waals surface area contributed by atoms with Crippen molar-refractivity contribution in [2.45, 2.75) is 38.9 Å². The third kappa shape index (κ3) is 2.85. The van der Waals surface area contributed by atoms with Crippen LogP contribution in [0, 0.1) is 6.92 Å². The van der Waals surface area contributed by atoms with Crippen LogP contribution in [0.5, 0.6) is 5.75 Å². The quantitative estimate of drug-likeness (QED) is 0.823. The number of hydrogen-bond acceptors (Lipinski definition) is 3. The predicted octanol–water partition coefficient (Wildman–Crippen LogP) is 3.16. The van der Waals surface area contributed by atoms with Crippen LogP contribution in [0.1, 0.15) is 25.3 Å². The second kappa shape index (κ2) is 5.72. The summed E-state index contributed by atoms with van der Waals surface area (Å²) < 4.78 is 11.2. The summed E-state index contributed by atoms with van der Waals surface area (Å²) in [4.78, 5) is 11.4. The number of benzene rings is 1. The second-order valence-electron chi connectivity index (χ2n) is 4.55. The van der Waals surface area contributed by atoms with E-state index in [-0.39, 0.29) is 11.9 Å². The average Bonchev–Trinajstić information content (AvgIpc) is 2.32. The molecule has 1 saturated carbocycles. The van der Waals surface area contributed by atoms with Gasteiger partial charge in [-0.05, 0) is 31.0 Å². The molecule has 0 bridgehead atoms. The van der Waals surface area contributed by atoms with E-state index < -0.39 is 6.10 Å². The van der Waals surface area contributed by atoms with Gasteiger partial charge in [-0.25, -0.2) is 0 Å². The van der Waals surface area contributed by atoms with Gasteiger partial charge < -0.3 is 9.47 Å². The smallest absolute Gasteiger partial charge is 0.169 e. The van der Waals surface area contributed by atoms with E-state index in [1.807, 2.05) is 32.0 Å². The van der Waals surface area contributed by atoms with Crippen molar-refractivity contribution < 1.29 is 14.3 Å². The standard InChI is InChI=1S/C14H17ClO3/c1-3-6-17-14-11(16)8-13(14)18-12-5-4-9(2)7-10(12)15/h4-5,7,13-14H,3,6,8H2,1-2H3. The SMILES string of the molecule is CCCOC1C(=O)CC1Oc1ccc(C)cc1Cl. The molecule has 98 valence electrons. The lowest BCUT2D eigenvalue weighted by Gasteiger charge is -2.34. The molecule has 1 fully saturated rings. The van der Waals surface area contributed by atoms with Crippen molar-refractivity contribution in [3.8, 4) is 5.75 Å². The van der Waals surface area contributed by atoms with Gasteiger partial charge in [0.25, 0.3) is 0 Å². The van der Waals surface area contributed by atoms with Gasteiger partial charge in [0, 0.05) is 13.0 Å². The highest BCUT2D eigenvalue weighted by molar-refractivity contribution is 6.32. The number of rotatable bonds is 5. The molecule has 1 aromatic carbocycles. The maximum Gasteiger partial charge on any atom is 0.169 e. The molecule has 0 saturated heterocycles. The summed E-state index contributed by atoms with van der Waals surface area (Å²) in [6, 6.07) is 5.61. The molecule has 0 amide bonds. The molecule has 18 heavy (non-hydrogen) atoms. The first kappa shape index (κ1) is 13.4. The number of ketones is 1. The third-order valence-corrected chi connectivity index (χ3v) is 3.22. The maximum atomic E-state index is 11.4. The predicted molar refractivity (Wildman–Crippen MR) is 70.3 cm³/mol. The molecule has 0 aromatic heterocycles. The van der Waals surface area contributed by atoms with E-state index in [1.54, 1.807) is 0 Å². The summed E-state index contributed by atoms with van der Waals surface area (Å²) in [7, 11) is 0. The van der Waals surface area contributed by atoms with Gasteiger partial charge in [-0.1, -0.05) is 24.6 Å². The van der Waals surface area contributed by atoms with E-state index in [0.29, 0.717) is 23.8 Å². The first-order valence-corrected chi connectivity index (χ1v) is 6.56. The van der Waals surface area contributed by atoms with Crippen molar-refractivity contribution in [1.82, 2.24) is 0 Å². The summed E-state index contributed by atoms with van der Waals surface area (Å²) in [5.74, 6) is 0.724. The lowest BCUT2D eigenvalue weighted by Crippen LogP contribution is -2.52. The van der Waals surface area contributed by atoms with E-state index in [1.165, 1.54) is 0 Å². The van der Waals surface area contributed by atoms with Gasteiger partial charge in [0.15, 0.2) is 11.9 Å². The molecule has 0 aliphatic heterocycles. The molecular formula is C14H17ClO3. The fourth-order valence-corrected chi connectivity index (χ4v) is 2.16. The lowest BCUT2D eigenvalue weighted by atomic mass is 9.90. The Balaban J connectivity index is 1.99. The molecule has 0 spiro atoms. The van der Waals surface area contributed by atoms with Crippen molar-refractivity contribution in [2.24, 2.45) is 0 Å². The Morgan fingerprint density at radius 1 is 1.44 bits per heavy atom. The van der Waals surface area contributed by atoms with Crippen molar-refractivity contribution >= 4 is 17.4 Å². The number of Topliss-reactive ketones (excluding diaryl/α,β-unsaturated/α-hetero) is 1. The largest absolute Gasteiger partial charge is 0.485 e. The van der Waals surface area contributed by atoms with Crippen LogP contribution < -0.4 is 4.74 Å². The molecule has 2 rings (SSSR count). The lowest BCUT2D eigenvalue weighted by molar-refractivity contribution is -0.154. The molecule has 0 N–H and O–H groups in total. The minimum atomic E-state index is -0.428. The summed E-state index contributed by atoms with van der Waals surface area (Å²) in [6.07, 6.45) is 0.659. The monoisotopic (exact) mass is 268 g/mol. The maximum absolute atomic E-state index is 11.4. The van der Waals surface area contributed by atoms with Crippen LogP contribution >= 0.6 is 11.6 Å². The van der Waals surface area contributed by atoms with Crippen LogP contribution in [0.4, 0.5) is 0 Å². The summed E-state index contributed by atoms with van der Waals surface area (Å²) in [6.45, 7) is 4.56. The molecule has 3 nitrogen and oxygen atoms in total. The molecular weight excluding hydrogens is 252 g/mol. The summed E-state index contributed by atoms with van der Waals surface area (Å²) in [5, 5.41) is 0.573. The molecule has 2 atom stereocenters. The fraction of sp³-hybridized carbons (Fsp3) is 0.500. The minimum Gasteiger partial charge on any atom is -0.485 e. The van der Waals surface area contributed by atoms with E-state index in [9.17, 15) is 4.79 Å². The number of ether oxygens (including phenoxy) is 2. The molecule has 1 aromatic rings. The topological polar surface area (TPSA) is 35.5 Å². The van der Waals surface area contributed by atoms with Gasteiger partial charge in [-0.15, -0.1) is 0 Å². The zero-order valence-corrected chi connectivity index (χ0v) is 11.4. The average molecular weight is 269 g/mol. The van der Waals surface area contributed by atoms with Crippen LogP contribution in [0.2, 0.25) is 5.02 Å². The minimum absolute atomic E-state index is 0.108. The highest BCUT2D eigenvalue weighted by Gasteiger charge is 2.42. The Kier molecular flexibility index (Phi) is 4.25. The summed E-state index contributed by atoms with van der Waals surface area (Å²) in [5.41, 5.74) is 1.08. The first-order chi connectivity index (χ1) is 8.61. The Morgan fingerprint density at radius 2 is 2.22 bits per heavy atom. The van der Waals surface area contributed by atoms with E-state index in [2.05, 4.69) is 0 Å². The van der Waals surface area contributed by atoms with Gasteiger partial charge >= 0.3 is 0 Å². The van der Waals surface area contributed by atoms with Crippen LogP contribution in [-0.4, -0.2) is 24.6 Å². The fourth-order valence-electron chi connectivity index (χ4n) is 1.88. The van der Waals surface area contributed by atoms with Gasteiger partial charge in [-0.2, -0.15) is 0 Å². The number of aryl methyl sites for hydroxylation is 1. The second-order valence-corrected chi connectivity index (χ2v) is 4.96. The Labute approximate surface area is 112 Å². The van der Waals surface area contributed by atoms with Gasteiger partial charge in [0.1, 0.15) is 11.9 Å². The normalized spacial score (nSPS) is 22.7. The Bertz CT molecular complexity index is 445. The van der Waals surface area contributed by atoms with Gasteiger partial charge in [0.2, 0.25) is 0 Å². The third-order valence-electron chi connectivity index (χ3n) is 2.92. The number of carbonyl (C=O) groups is 1. The number of hydrogen-bond donors (Lipinski definition) is 0. The molecule has 1 aliphatic rings. The highest BCUT2D eigenvalue weighted by Crippen LogP contribution is 2.31. The molecule has 0 radical (unpaired) electrons. The molecule has 0 heterocycles. The summed E-state index contributed by atoms with van der Waals surface area (Å²) >= 11 is 6.09.